The Morgan fingerprint density at radius 2 is 0.684 bits per heavy atom. The van der Waals surface area contributed by atoms with Crippen LogP contribution in [0.1, 0.15) is 4.28 Å². The quantitative estimate of drug-likeness (QED) is 0.130. The molecular formula is C18H26Na3O13PS3. The second kappa shape index (κ2) is 19.0. The standard InChI is InChI=1S/C18H15O9PS3.3Na.4H2O.3H/c19-29(20,21)16-7-1-4-13(10-16)28(14-5-2-8-17(11-14)30(22,23)24)15-6-3-9-18(12-15)31(25,26)27;;;;;;;;;;/h1-12H,(H,19,20,21)(H,22,23,24)(H,25,26,27);;;;4*1H2;;;/q;3*+1;;;;;3*-1. The first-order valence-corrected chi connectivity index (χ1v) is 14.0. The Morgan fingerprint density at radius 3 is 0.868 bits per heavy atom. The average molecular weight is 647 g/mol. The van der Waals surface area contributed by atoms with Gasteiger partial charge in [-0.25, -0.2) is 0 Å². The van der Waals surface area contributed by atoms with E-state index in [2.05, 4.69) is 0 Å². The van der Waals surface area contributed by atoms with Gasteiger partial charge in [0.25, 0.3) is 30.4 Å². The van der Waals surface area contributed by atoms with E-state index < -0.39 is 53.0 Å². The Bertz CT molecular complexity index is 1320. The third kappa shape index (κ3) is 12.7. The minimum Gasteiger partial charge on any atom is -1.00 e. The second-order valence-corrected chi connectivity index (χ2v) is 12.7. The van der Waals surface area contributed by atoms with Gasteiger partial charge in [-0.15, -0.1) is 0 Å². The van der Waals surface area contributed by atoms with Crippen LogP contribution in [0.15, 0.2) is 87.5 Å². The minimum absolute atomic E-state index is 0. The fourth-order valence-electron chi connectivity index (χ4n) is 2.80. The summed E-state index contributed by atoms with van der Waals surface area (Å²) in [7, 11) is -15.4. The predicted molar refractivity (Wildman–Crippen MR) is 132 cm³/mol. The van der Waals surface area contributed by atoms with Crippen LogP contribution < -0.4 is 105 Å². The van der Waals surface area contributed by atoms with Crippen LogP contribution >= 0.6 is 7.92 Å². The van der Waals surface area contributed by atoms with Crippen LogP contribution in [-0.2, 0) is 30.4 Å². The first-order valence-electron chi connectivity index (χ1n) is 8.30. The molecule has 0 radical (unpaired) electrons. The number of rotatable bonds is 6. The van der Waals surface area contributed by atoms with E-state index in [1.165, 1.54) is 54.6 Å². The van der Waals surface area contributed by atoms with Gasteiger partial charge in [-0.3, -0.25) is 13.7 Å². The summed E-state index contributed by atoms with van der Waals surface area (Å²) < 4.78 is 97.7. The van der Waals surface area contributed by atoms with Gasteiger partial charge < -0.3 is 26.2 Å². The molecule has 20 heteroatoms. The van der Waals surface area contributed by atoms with Crippen molar-refractivity contribution in [2.45, 2.75) is 14.7 Å². The van der Waals surface area contributed by atoms with E-state index in [9.17, 15) is 38.9 Å². The normalized spacial score (nSPS) is 10.4. The summed E-state index contributed by atoms with van der Waals surface area (Å²) in [6, 6.07) is 15.7. The van der Waals surface area contributed by atoms with Crippen molar-refractivity contribution in [2.24, 2.45) is 0 Å². The number of hydrogen-bond acceptors (Lipinski definition) is 6. The van der Waals surface area contributed by atoms with Crippen LogP contribution in [0, 0.1) is 0 Å². The van der Waals surface area contributed by atoms with Crippen LogP contribution in [-0.4, -0.2) is 60.8 Å². The van der Waals surface area contributed by atoms with Crippen molar-refractivity contribution in [2.75, 3.05) is 0 Å². The van der Waals surface area contributed by atoms with Gasteiger partial charge in [-0.1, -0.05) is 36.4 Å². The molecule has 0 unspecified atom stereocenters. The smallest absolute Gasteiger partial charge is 1.00 e. The van der Waals surface area contributed by atoms with Crippen molar-refractivity contribution in [1.82, 2.24) is 0 Å². The van der Waals surface area contributed by atoms with E-state index in [-0.39, 0.29) is 115 Å². The van der Waals surface area contributed by atoms with Gasteiger partial charge in [0.15, 0.2) is 0 Å². The average Bonchev–Trinajstić information content (AvgIpc) is 2.67. The van der Waals surface area contributed by atoms with Crippen molar-refractivity contribution < 1.29 is 154 Å². The third-order valence-electron chi connectivity index (χ3n) is 4.12. The molecule has 0 aromatic heterocycles. The van der Waals surface area contributed by atoms with E-state index in [0.717, 1.165) is 18.2 Å². The zero-order valence-electron chi connectivity index (χ0n) is 23.4. The minimum atomic E-state index is -4.55. The molecular weight excluding hydrogens is 620 g/mol. The molecule has 0 saturated heterocycles. The molecule has 0 saturated carbocycles. The monoisotopic (exact) mass is 646 g/mol. The maximum atomic E-state index is 11.6. The van der Waals surface area contributed by atoms with E-state index in [1.807, 2.05) is 0 Å². The van der Waals surface area contributed by atoms with Crippen molar-refractivity contribution >= 4 is 54.2 Å². The summed E-state index contributed by atoms with van der Waals surface area (Å²) in [5.74, 6) is 0. The molecule has 0 aliphatic carbocycles. The van der Waals surface area contributed by atoms with Gasteiger partial charge in [0.2, 0.25) is 0 Å². The van der Waals surface area contributed by atoms with Crippen molar-refractivity contribution in [3.8, 4) is 0 Å². The third-order valence-corrected chi connectivity index (χ3v) is 9.05. The van der Waals surface area contributed by atoms with Crippen molar-refractivity contribution in [3.63, 3.8) is 0 Å². The summed E-state index contributed by atoms with van der Waals surface area (Å²) >= 11 is 0. The molecule has 0 aliphatic rings. The Balaban J connectivity index is -0.000000181. The van der Waals surface area contributed by atoms with E-state index in [0.29, 0.717) is 15.9 Å². The molecule has 11 N–H and O–H groups in total. The van der Waals surface area contributed by atoms with Crippen LogP contribution in [0.5, 0.6) is 0 Å². The summed E-state index contributed by atoms with van der Waals surface area (Å²) in [5, 5.41) is 1.01. The van der Waals surface area contributed by atoms with E-state index in [4.69, 9.17) is 0 Å². The molecule has 38 heavy (non-hydrogen) atoms. The first-order chi connectivity index (χ1) is 14.3. The van der Waals surface area contributed by atoms with E-state index >= 15 is 0 Å². The fourth-order valence-corrected chi connectivity index (χ4v) is 7.04. The Kier molecular flexibility index (Phi) is 24.2. The Hall–Kier alpha value is 0.660. The first kappa shape index (κ1) is 48.4. The number of benzene rings is 3. The number of hydrogen-bond donors (Lipinski definition) is 3. The molecule has 0 amide bonds. The molecule has 0 aliphatic heterocycles. The Morgan fingerprint density at radius 1 is 0.474 bits per heavy atom. The van der Waals surface area contributed by atoms with Crippen molar-refractivity contribution in [1.29, 1.82) is 0 Å². The van der Waals surface area contributed by atoms with Crippen LogP contribution in [0.25, 0.3) is 0 Å². The van der Waals surface area contributed by atoms with Gasteiger partial charge in [0, 0.05) is 0 Å². The van der Waals surface area contributed by atoms with Gasteiger partial charge in [0.05, 0.1) is 14.7 Å². The molecule has 0 bridgehead atoms. The van der Waals surface area contributed by atoms with Crippen molar-refractivity contribution in [3.05, 3.63) is 72.8 Å². The summed E-state index contributed by atoms with van der Waals surface area (Å²) in [4.78, 5) is -1.22. The predicted octanol–water partition coefficient (Wildman–Crippen LogP) is -10.8. The van der Waals surface area contributed by atoms with Crippen LogP contribution in [0.3, 0.4) is 0 Å². The zero-order chi connectivity index (χ0) is 23.0. The van der Waals surface area contributed by atoms with Gasteiger partial charge in [0.1, 0.15) is 0 Å². The molecule has 202 valence electrons. The summed E-state index contributed by atoms with van der Waals surface area (Å²) in [5.41, 5.74) is 0. The van der Waals surface area contributed by atoms with Crippen LogP contribution in [0.2, 0.25) is 0 Å². The van der Waals surface area contributed by atoms with Gasteiger partial charge >= 0.3 is 88.7 Å². The zero-order valence-corrected chi connectivity index (χ0v) is 29.7. The molecule has 3 rings (SSSR count). The topological polar surface area (TPSA) is 289 Å². The maximum absolute atomic E-state index is 11.6. The van der Waals surface area contributed by atoms with Crippen LogP contribution in [0.4, 0.5) is 0 Å². The Labute approximate surface area is 292 Å². The maximum Gasteiger partial charge on any atom is 1.00 e. The molecule has 0 spiro atoms. The molecule has 13 nitrogen and oxygen atoms in total. The second-order valence-electron chi connectivity index (χ2n) is 6.25. The molecule has 0 atom stereocenters. The van der Waals surface area contributed by atoms with Gasteiger partial charge in [-0.05, 0) is 60.2 Å². The summed E-state index contributed by atoms with van der Waals surface area (Å²) in [6.07, 6.45) is 0. The summed E-state index contributed by atoms with van der Waals surface area (Å²) in [6.45, 7) is 0. The molecule has 0 fully saturated rings. The SMILES string of the molecule is O.O.O.O.O=S(=O)(O)c1cccc(P(c2cccc(S(=O)(=O)O)c2)c2cccc(S(=O)(=O)O)c2)c1.[H-].[H-].[H-].[Na+].[Na+].[Na+]. The molecule has 3 aromatic rings. The molecule has 3 aromatic carbocycles. The van der Waals surface area contributed by atoms with Gasteiger partial charge in [-0.2, -0.15) is 25.3 Å². The fraction of sp³-hybridized carbons (Fsp3) is 0. The molecule has 0 heterocycles. The largest absolute Gasteiger partial charge is 1.00 e. The van der Waals surface area contributed by atoms with E-state index in [1.54, 1.807) is 0 Å².